The summed E-state index contributed by atoms with van der Waals surface area (Å²) >= 11 is 1.74. The van der Waals surface area contributed by atoms with Gasteiger partial charge in [0, 0.05) is 10.8 Å². The second kappa shape index (κ2) is 8.89. The number of nitrogens with zero attached hydrogens (tertiary/aromatic N) is 1. The maximum Gasteiger partial charge on any atom is 0.193 e. The summed E-state index contributed by atoms with van der Waals surface area (Å²) in [5, 5.41) is 5.14. The molecule has 0 saturated carbocycles. The molecule has 0 spiro atoms. The van der Waals surface area contributed by atoms with Crippen molar-refractivity contribution in [2.45, 2.75) is 12.8 Å². The van der Waals surface area contributed by atoms with E-state index in [-0.39, 0.29) is 24.0 Å². The molecule has 0 aliphatic carbocycles. The SMILES string of the molecule is COc1ccccc1NC(N)=NCC(C)c1cccs1.I. The number of guanidine groups is 1. The second-order valence-corrected chi connectivity index (χ2v) is 5.45. The van der Waals surface area contributed by atoms with Crippen LogP contribution in [0.2, 0.25) is 0 Å². The largest absolute Gasteiger partial charge is 0.495 e. The number of rotatable bonds is 5. The molecule has 1 aromatic carbocycles. The van der Waals surface area contributed by atoms with Gasteiger partial charge in [0.2, 0.25) is 0 Å². The maximum atomic E-state index is 5.92. The Balaban J connectivity index is 0.00000220. The van der Waals surface area contributed by atoms with Crippen molar-refractivity contribution in [3.63, 3.8) is 0 Å². The van der Waals surface area contributed by atoms with Gasteiger partial charge in [-0.05, 0) is 23.6 Å². The Morgan fingerprint density at radius 3 is 2.76 bits per heavy atom. The minimum atomic E-state index is 0. The summed E-state index contributed by atoms with van der Waals surface area (Å²) in [5.41, 5.74) is 6.74. The summed E-state index contributed by atoms with van der Waals surface area (Å²) in [6.45, 7) is 2.81. The fourth-order valence-corrected chi connectivity index (χ4v) is 2.60. The zero-order valence-electron chi connectivity index (χ0n) is 12.1. The molecule has 2 rings (SSSR count). The average molecular weight is 417 g/mol. The van der Waals surface area contributed by atoms with Crippen molar-refractivity contribution in [3.05, 3.63) is 46.7 Å². The number of para-hydroxylation sites is 2. The Morgan fingerprint density at radius 2 is 2.10 bits per heavy atom. The van der Waals surface area contributed by atoms with Crippen LogP contribution in [0.4, 0.5) is 5.69 Å². The third kappa shape index (κ3) is 5.20. The van der Waals surface area contributed by atoms with Crippen LogP contribution in [0.25, 0.3) is 0 Å². The molecular weight excluding hydrogens is 397 g/mol. The van der Waals surface area contributed by atoms with Crippen molar-refractivity contribution < 1.29 is 4.74 Å². The van der Waals surface area contributed by atoms with Crippen LogP contribution in [-0.2, 0) is 0 Å². The Bertz CT molecular complexity index is 572. The van der Waals surface area contributed by atoms with E-state index in [2.05, 4.69) is 34.7 Å². The molecule has 21 heavy (non-hydrogen) atoms. The van der Waals surface area contributed by atoms with Crippen molar-refractivity contribution in [3.8, 4) is 5.75 Å². The van der Waals surface area contributed by atoms with E-state index in [0.717, 1.165) is 11.4 Å². The Labute approximate surface area is 146 Å². The van der Waals surface area contributed by atoms with Crippen LogP contribution in [-0.4, -0.2) is 19.6 Å². The van der Waals surface area contributed by atoms with Gasteiger partial charge in [-0.1, -0.05) is 25.1 Å². The van der Waals surface area contributed by atoms with Crippen LogP contribution in [0.3, 0.4) is 0 Å². The molecule has 0 aliphatic heterocycles. The lowest BCUT2D eigenvalue weighted by Gasteiger charge is -2.11. The van der Waals surface area contributed by atoms with Gasteiger partial charge in [-0.25, -0.2) is 0 Å². The number of benzene rings is 1. The molecule has 4 nitrogen and oxygen atoms in total. The van der Waals surface area contributed by atoms with Gasteiger partial charge in [0.1, 0.15) is 5.75 Å². The molecule has 3 N–H and O–H groups in total. The molecule has 0 saturated heterocycles. The number of methoxy groups -OCH3 is 1. The molecule has 1 unspecified atom stereocenters. The summed E-state index contributed by atoms with van der Waals surface area (Å²) in [4.78, 5) is 5.70. The molecule has 1 heterocycles. The molecule has 0 bridgehead atoms. The Morgan fingerprint density at radius 1 is 1.33 bits per heavy atom. The molecule has 1 aromatic heterocycles. The van der Waals surface area contributed by atoms with E-state index < -0.39 is 0 Å². The van der Waals surface area contributed by atoms with Crippen LogP contribution in [0.1, 0.15) is 17.7 Å². The highest BCUT2D eigenvalue weighted by Crippen LogP contribution is 2.23. The molecule has 2 aromatic rings. The van der Waals surface area contributed by atoms with Crippen LogP contribution in [0.5, 0.6) is 5.75 Å². The summed E-state index contributed by atoms with van der Waals surface area (Å²) in [5.74, 6) is 1.52. The third-order valence-electron chi connectivity index (χ3n) is 2.93. The third-order valence-corrected chi connectivity index (χ3v) is 4.04. The van der Waals surface area contributed by atoms with Gasteiger partial charge in [0.25, 0.3) is 0 Å². The number of aliphatic imine (C=N–C) groups is 1. The van der Waals surface area contributed by atoms with Gasteiger partial charge >= 0.3 is 0 Å². The first-order chi connectivity index (χ1) is 9.70. The lowest BCUT2D eigenvalue weighted by molar-refractivity contribution is 0.417. The van der Waals surface area contributed by atoms with E-state index in [4.69, 9.17) is 10.5 Å². The van der Waals surface area contributed by atoms with Crippen molar-refractivity contribution in [2.75, 3.05) is 19.0 Å². The molecule has 0 amide bonds. The highest BCUT2D eigenvalue weighted by Gasteiger charge is 2.06. The molecule has 6 heteroatoms. The van der Waals surface area contributed by atoms with E-state index in [9.17, 15) is 0 Å². The van der Waals surface area contributed by atoms with Crippen LogP contribution in [0, 0.1) is 0 Å². The summed E-state index contributed by atoms with van der Waals surface area (Å²) in [6.07, 6.45) is 0. The van der Waals surface area contributed by atoms with Gasteiger partial charge in [0.15, 0.2) is 5.96 Å². The molecule has 0 radical (unpaired) electrons. The smallest absolute Gasteiger partial charge is 0.193 e. The monoisotopic (exact) mass is 417 g/mol. The fourth-order valence-electron chi connectivity index (χ4n) is 1.82. The number of hydrogen-bond acceptors (Lipinski definition) is 3. The number of nitrogens with two attached hydrogens (primary N) is 1. The number of thiophene rings is 1. The standard InChI is InChI=1S/C15H19N3OS.HI/c1-11(14-8-5-9-20-14)10-17-15(16)18-12-6-3-4-7-13(12)19-2;/h3-9,11H,10H2,1-2H3,(H3,16,17,18);1H. The second-order valence-electron chi connectivity index (χ2n) is 4.47. The van der Waals surface area contributed by atoms with Gasteiger partial charge in [-0.2, -0.15) is 0 Å². The van der Waals surface area contributed by atoms with Gasteiger partial charge in [-0.15, -0.1) is 35.3 Å². The molecule has 0 aliphatic rings. The lowest BCUT2D eigenvalue weighted by Crippen LogP contribution is -2.23. The molecule has 0 fully saturated rings. The number of ether oxygens (including phenoxy) is 1. The fraction of sp³-hybridized carbons (Fsp3) is 0.267. The molecule has 1 atom stereocenters. The van der Waals surface area contributed by atoms with Crippen LogP contribution in [0.15, 0.2) is 46.8 Å². The first-order valence-corrected chi connectivity index (χ1v) is 7.32. The highest BCUT2D eigenvalue weighted by atomic mass is 127. The van der Waals surface area contributed by atoms with E-state index >= 15 is 0 Å². The van der Waals surface area contributed by atoms with Gasteiger partial charge < -0.3 is 15.8 Å². The van der Waals surface area contributed by atoms with Crippen LogP contribution < -0.4 is 15.8 Å². The summed E-state index contributed by atoms with van der Waals surface area (Å²) < 4.78 is 5.26. The summed E-state index contributed by atoms with van der Waals surface area (Å²) in [7, 11) is 1.63. The van der Waals surface area contributed by atoms with E-state index in [1.807, 2.05) is 24.3 Å². The van der Waals surface area contributed by atoms with E-state index in [1.54, 1.807) is 18.4 Å². The minimum absolute atomic E-state index is 0. The van der Waals surface area contributed by atoms with Crippen molar-refractivity contribution >= 4 is 47.0 Å². The zero-order valence-corrected chi connectivity index (χ0v) is 15.2. The highest BCUT2D eigenvalue weighted by molar-refractivity contribution is 14.0. The number of anilines is 1. The Hall–Kier alpha value is -1.28. The van der Waals surface area contributed by atoms with Gasteiger partial charge in [-0.3, -0.25) is 4.99 Å². The van der Waals surface area contributed by atoms with Crippen LogP contribution >= 0.6 is 35.3 Å². The Kier molecular flexibility index (Phi) is 7.52. The average Bonchev–Trinajstić information content (AvgIpc) is 2.99. The minimum Gasteiger partial charge on any atom is -0.495 e. The predicted octanol–water partition coefficient (Wildman–Crippen LogP) is 3.91. The zero-order chi connectivity index (χ0) is 14.4. The summed E-state index contributed by atoms with van der Waals surface area (Å²) in [6, 6.07) is 11.8. The van der Waals surface area contributed by atoms with Crippen molar-refractivity contribution in [2.24, 2.45) is 10.7 Å². The van der Waals surface area contributed by atoms with Gasteiger partial charge in [0.05, 0.1) is 19.3 Å². The van der Waals surface area contributed by atoms with Crippen molar-refractivity contribution in [1.29, 1.82) is 0 Å². The molecule has 114 valence electrons. The first kappa shape index (κ1) is 17.8. The quantitative estimate of drug-likeness (QED) is 0.441. The number of halogens is 1. The van der Waals surface area contributed by atoms with Crippen molar-refractivity contribution in [1.82, 2.24) is 0 Å². The maximum absolute atomic E-state index is 5.92. The number of hydrogen-bond donors (Lipinski definition) is 2. The number of nitrogens with one attached hydrogen (secondary N) is 1. The molecular formula is C15H20IN3OS. The lowest BCUT2D eigenvalue weighted by atomic mass is 10.1. The topological polar surface area (TPSA) is 59.6 Å². The predicted molar refractivity (Wildman–Crippen MR) is 101 cm³/mol. The normalized spacial score (nSPS) is 12.4. The van der Waals surface area contributed by atoms with E-state index in [0.29, 0.717) is 18.4 Å². The van der Waals surface area contributed by atoms with E-state index in [1.165, 1.54) is 4.88 Å². The first-order valence-electron chi connectivity index (χ1n) is 6.44.